The van der Waals surface area contributed by atoms with E-state index in [1.165, 1.54) is 14.0 Å². The maximum Gasteiger partial charge on any atom is 0.339 e. The van der Waals surface area contributed by atoms with Gasteiger partial charge in [-0.1, -0.05) is 0 Å². The summed E-state index contributed by atoms with van der Waals surface area (Å²) in [5.74, 6) is -1.59. The van der Waals surface area contributed by atoms with Crippen LogP contribution in [0.25, 0.3) is 0 Å². The van der Waals surface area contributed by atoms with Crippen molar-refractivity contribution in [3.05, 3.63) is 17.2 Å². The zero-order valence-corrected chi connectivity index (χ0v) is 9.30. The van der Waals surface area contributed by atoms with E-state index in [-0.39, 0.29) is 28.4 Å². The standard InChI is InChI=1S/C11H12O6/c1-4(12)9-7-5(11(15)17-9)3-6(13)10(16-2)8(7)14/h3-4,9,12-14H,1-2H3/t4-,9-/m0/s1. The molecule has 0 spiro atoms. The van der Waals surface area contributed by atoms with Crippen molar-refractivity contribution >= 4 is 5.97 Å². The van der Waals surface area contributed by atoms with Gasteiger partial charge in [0.15, 0.2) is 17.6 Å². The van der Waals surface area contributed by atoms with Crippen LogP contribution in [0.1, 0.15) is 28.9 Å². The van der Waals surface area contributed by atoms with Gasteiger partial charge in [0, 0.05) is 0 Å². The molecule has 0 amide bonds. The van der Waals surface area contributed by atoms with Crippen LogP contribution >= 0.6 is 0 Å². The van der Waals surface area contributed by atoms with Crippen LogP contribution < -0.4 is 4.74 Å². The summed E-state index contributed by atoms with van der Waals surface area (Å²) in [5.41, 5.74) is 0.173. The minimum absolute atomic E-state index is 0.0340. The lowest BCUT2D eigenvalue weighted by molar-refractivity contribution is -0.00334. The summed E-state index contributed by atoms with van der Waals surface area (Å²) in [7, 11) is 1.27. The molecule has 6 nitrogen and oxygen atoms in total. The van der Waals surface area contributed by atoms with Gasteiger partial charge in [-0.2, -0.15) is 0 Å². The first kappa shape index (κ1) is 11.5. The van der Waals surface area contributed by atoms with E-state index in [0.29, 0.717) is 0 Å². The lowest BCUT2D eigenvalue weighted by Crippen LogP contribution is -2.14. The minimum atomic E-state index is -0.972. The van der Waals surface area contributed by atoms with E-state index < -0.39 is 18.2 Å². The van der Waals surface area contributed by atoms with Crippen molar-refractivity contribution in [1.82, 2.24) is 0 Å². The van der Waals surface area contributed by atoms with Crippen molar-refractivity contribution in [3.63, 3.8) is 0 Å². The summed E-state index contributed by atoms with van der Waals surface area (Å²) in [6.45, 7) is 1.44. The summed E-state index contributed by atoms with van der Waals surface area (Å²) in [5, 5.41) is 28.9. The first-order valence-corrected chi connectivity index (χ1v) is 4.99. The number of ether oxygens (including phenoxy) is 2. The number of cyclic esters (lactones) is 1. The molecule has 2 atom stereocenters. The lowest BCUT2D eigenvalue weighted by atomic mass is 9.99. The number of hydrogen-bond acceptors (Lipinski definition) is 6. The van der Waals surface area contributed by atoms with Crippen molar-refractivity contribution < 1.29 is 29.6 Å². The summed E-state index contributed by atoms with van der Waals surface area (Å²) in [4.78, 5) is 11.5. The Hall–Kier alpha value is -1.95. The normalized spacial score (nSPS) is 19.7. The van der Waals surface area contributed by atoms with E-state index in [1.54, 1.807) is 0 Å². The second-order valence-electron chi connectivity index (χ2n) is 3.81. The van der Waals surface area contributed by atoms with Gasteiger partial charge in [0.1, 0.15) is 0 Å². The van der Waals surface area contributed by atoms with Gasteiger partial charge in [-0.25, -0.2) is 4.79 Å². The number of benzene rings is 1. The third kappa shape index (κ3) is 1.57. The fourth-order valence-corrected chi connectivity index (χ4v) is 1.89. The topological polar surface area (TPSA) is 96.2 Å². The van der Waals surface area contributed by atoms with Crippen LogP contribution in [-0.4, -0.2) is 34.5 Å². The molecule has 1 aliphatic rings. The highest BCUT2D eigenvalue weighted by atomic mass is 16.6. The number of carbonyl (C=O) groups is 1. The summed E-state index contributed by atoms with van der Waals surface area (Å²) < 4.78 is 9.73. The highest BCUT2D eigenvalue weighted by Gasteiger charge is 2.39. The highest BCUT2D eigenvalue weighted by Crippen LogP contribution is 2.48. The van der Waals surface area contributed by atoms with Crippen LogP contribution in [0.3, 0.4) is 0 Å². The van der Waals surface area contributed by atoms with Gasteiger partial charge in [-0.15, -0.1) is 0 Å². The molecule has 3 N–H and O–H groups in total. The van der Waals surface area contributed by atoms with E-state index >= 15 is 0 Å². The van der Waals surface area contributed by atoms with E-state index in [0.717, 1.165) is 6.07 Å². The Morgan fingerprint density at radius 3 is 2.65 bits per heavy atom. The fourth-order valence-electron chi connectivity index (χ4n) is 1.89. The van der Waals surface area contributed by atoms with Crippen molar-refractivity contribution in [3.8, 4) is 17.2 Å². The van der Waals surface area contributed by atoms with Crippen molar-refractivity contribution in [2.45, 2.75) is 19.1 Å². The first-order chi connectivity index (χ1) is 7.97. The third-order valence-electron chi connectivity index (χ3n) is 2.65. The Balaban J connectivity index is 2.67. The average Bonchev–Trinajstić information content (AvgIpc) is 2.57. The lowest BCUT2D eigenvalue weighted by Gasteiger charge is -2.16. The SMILES string of the molecule is COc1c(O)cc2c(c1O)[C@H]([C@H](C)O)OC2=O. The second-order valence-corrected chi connectivity index (χ2v) is 3.81. The van der Waals surface area contributed by atoms with E-state index in [1.807, 2.05) is 0 Å². The van der Waals surface area contributed by atoms with Gasteiger partial charge in [-0.3, -0.25) is 0 Å². The maximum atomic E-state index is 11.5. The van der Waals surface area contributed by atoms with E-state index in [4.69, 9.17) is 9.47 Å². The van der Waals surface area contributed by atoms with Crippen molar-refractivity contribution in [2.24, 2.45) is 0 Å². The predicted octanol–water partition coefficient (Wildman–Crippen LogP) is 0.699. The minimum Gasteiger partial charge on any atom is -0.504 e. The van der Waals surface area contributed by atoms with Crippen molar-refractivity contribution in [1.29, 1.82) is 0 Å². The molecule has 0 saturated carbocycles. The fraction of sp³-hybridized carbons (Fsp3) is 0.364. The van der Waals surface area contributed by atoms with Crippen LogP contribution in [0, 0.1) is 0 Å². The molecular weight excluding hydrogens is 228 g/mol. The van der Waals surface area contributed by atoms with Crippen LogP contribution in [0.5, 0.6) is 17.2 Å². The highest BCUT2D eigenvalue weighted by molar-refractivity contribution is 5.96. The molecule has 0 unspecified atom stereocenters. The Bertz CT molecular complexity index is 479. The molecule has 0 aromatic heterocycles. The number of phenols is 2. The molecule has 0 saturated heterocycles. The van der Waals surface area contributed by atoms with Crippen molar-refractivity contribution in [2.75, 3.05) is 7.11 Å². The van der Waals surface area contributed by atoms with E-state index in [9.17, 15) is 20.1 Å². The number of fused-ring (bicyclic) bond motifs is 1. The Kier molecular flexibility index (Phi) is 2.59. The largest absolute Gasteiger partial charge is 0.504 e. The molecule has 0 radical (unpaired) electrons. The molecule has 0 fully saturated rings. The molecular formula is C11H12O6. The number of phenolic OH excluding ortho intramolecular Hbond substituents is 2. The molecule has 0 bridgehead atoms. The summed E-state index contributed by atoms with van der Waals surface area (Å²) in [6.07, 6.45) is -1.92. The number of aliphatic hydroxyl groups is 1. The van der Waals surface area contributed by atoms with E-state index in [2.05, 4.69) is 0 Å². The Morgan fingerprint density at radius 1 is 1.47 bits per heavy atom. The first-order valence-electron chi connectivity index (χ1n) is 4.99. The molecule has 6 heteroatoms. The van der Waals surface area contributed by atoms with Gasteiger partial charge >= 0.3 is 5.97 Å². The van der Waals surface area contributed by atoms with Gasteiger partial charge in [0.25, 0.3) is 0 Å². The maximum absolute atomic E-state index is 11.5. The molecule has 17 heavy (non-hydrogen) atoms. The van der Waals surface area contributed by atoms with Gasteiger partial charge < -0.3 is 24.8 Å². The zero-order chi connectivity index (χ0) is 12.7. The number of hydrogen-bond donors (Lipinski definition) is 3. The number of aliphatic hydroxyl groups excluding tert-OH is 1. The Morgan fingerprint density at radius 2 is 2.12 bits per heavy atom. The van der Waals surface area contributed by atoms with Gasteiger partial charge in [0.2, 0.25) is 5.75 Å². The van der Waals surface area contributed by atoms with Crippen LogP contribution in [-0.2, 0) is 4.74 Å². The number of methoxy groups -OCH3 is 1. The zero-order valence-electron chi connectivity index (χ0n) is 9.30. The average molecular weight is 240 g/mol. The number of aromatic hydroxyl groups is 2. The molecule has 0 aliphatic carbocycles. The number of carbonyl (C=O) groups excluding carboxylic acids is 1. The van der Waals surface area contributed by atoms with Crippen LogP contribution in [0.4, 0.5) is 0 Å². The van der Waals surface area contributed by atoms with Crippen LogP contribution in [0.2, 0.25) is 0 Å². The quantitative estimate of drug-likeness (QED) is 0.658. The van der Waals surface area contributed by atoms with Gasteiger partial charge in [0.05, 0.1) is 24.3 Å². The summed E-state index contributed by atoms with van der Waals surface area (Å²) in [6, 6.07) is 1.15. The molecule has 1 aliphatic heterocycles. The van der Waals surface area contributed by atoms with Gasteiger partial charge in [-0.05, 0) is 13.0 Å². The molecule has 1 aromatic carbocycles. The summed E-state index contributed by atoms with van der Waals surface area (Å²) >= 11 is 0. The van der Waals surface area contributed by atoms with Crippen LogP contribution in [0.15, 0.2) is 6.07 Å². The molecule has 1 heterocycles. The second kappa shape index (κ2) is 3.81. The smallest absolute Gasteiger partial charge is 0.339 e. The molecule has 1 aromatic rings. The molecule has 92 valence electrons. The predicted molar refractivity (Wildman–Crippen MR) is 56.2 cm³/mol. The molecule has 2 rings (SSSR count). The monoisotopic (exact) mass is 240 g/mol. The number of esters is 1. The Labute approximate surface area is 97.0 Å². The third-order valence-corrected chi connectivity index (χ3v) is 2.65. The number of rotatable bonds is 2.